The average Bonchev–Trinajstić information content (AvgIpc) is 2.74. The molecule has 1 aromatic heterocycles. The molecule has 2 heterocycles. The van der Waals surface area contributed by atoms with E-state index in [-0.39, 0.29) is 6.67 Å². The summed E-state index contributed by atoms with van der Waals surface area (Å²) in [4.78, 5) is 0. The maximum Gasteiger partial charge on any atom is 0.165 e. The Balaban J connectivity index is 2.04. The van der Waals surface area contributed by atoms with Gasteiger partial charge in [-0.15, -0.1) is 10.2 Å². The van der Waals surface area contributed by atoms with Crippen molar-refractivity contribution in [2.75, 3.05) is 12.4 Å². The van der Waals surface area contributed by atoms with E-state index in [1.807, 2.05) is 31.2 Å². The predicted molar refractivity (Wildman–Crippen MR) is 81.0 cm³/mol. The predicted octanol–water partition coefficient (Wildman–Crippen LogP) is 3.62. The maximum atomic E-state index is 13.2. The molecule has 0 spiro atoms. The van der Waals surface area contributed by atoms with Gasteiger partial charge in [-0.3, -0.25) is 0 Å². The van der Waals surface area contributed by atoms with Gasteiger partial charge in [0.25, 0.3) is 0 Å². The van der Waals surface area contributed by atoms with Crippen LogP contribution in [0.15, 0.2) is 24.3 Å². The summed E-state index contributed by atoms with van der Waals surface area (Å²) in [6, 6.07) is 7.60. The van der Waals surface area contributed by atoms with E-state index in [1.165, 1.54) is 0 Å². The molecular formula is C14H15ClFN3S. The normalized spacial score (nSPS) is 22.4. The minimum Gasteiger partial charge on any atom is -0.310 e. The van der Waals surface area contributed by atoms with Crippen LogP contribution in [0.4, 0.5) is 4.39 Å². The Morgan fingerprint density at radius 3 is 2.95 bits per heavy atom. The van der Waals surface area contributed by atoms with Gasteiger partial charge in [0.1, 0.15) is 12.5 Å². The van der Waals surface area contributed by atoms with Crippen LogP contribution in [0.5, 0.6) is 0 Å². The van der Waals surface area contributed by atoms with Gasteiger partial charge in [-0.05, 0) is 19.1 Å². The fourth-order valence-corrected chi connectivity index (χ4v) is 3.69. The fraction of sp³-hybridized carbons (Fsp3) is 0.429. The molecule has 1 aliphatic heterocycles. The minimum atomic E-state index is -0.404. The van der Waals surface area contributed by atoms with Gasteiger partial charge in [-0.25, -0.2) is 4.39 Å². The van der Waals surface area contributed by atoms with Gasteiger partial charge in [0.05, 0.1) is 5.02 Å². The lowest BCUT2D eigenvalue weighted by molar-refractivity contribution is 0.407. The number of nitrogens with zero attached hydrogens (tertiary/aromatic N) is 3. The molecule has 1 aliphatic rings. The first-order valence-electron chi connectivity index (χ1n) is 6.50. The Bertz CT molecular complexity index is 631. The molecule has 0 radical (unpaired) electrons. The Morgan fingerprint density at radius 2 is 2.20 bits per heavy atom. The maximum absolute atomic E-state index is 13.2. The minimum absolute atomic E-state index is 0.355. The van der Waals surface area contributed by atoms with E-state index >= 15 is 0 Å². The van der Waals surface area contributed by atoms with E-state index in [0.29, 0.717) is 11.4 Å². The first-order chi connectivity index (χ1) is 9.63. The molecule has 1 aromatic carbocycles. The second kappa shape index (κ2) is 5.37. The number of benzene rings is 1. The molecule has 0 N–H and O–H groups in total. The molecule has 0 saturated carbocycles. The third kappa shape index (κ3) is 2.44. The zero-order valence-corrected chi connectivity index (χ0v) is 12.7. The summed E-state index contributed by atoms with van der Waals surface area (Å²) in [5, 5.41) is 9.18. The molecule has 0 bridgehead atoms. The van der Waals surface area contributed by atoms with Crippen LogP contribution in [0.1, 0.15) is 12.7 Å². The van der Waals surface area contributed by atoms with Gasteiger partial charge in [0, 0.05) is 29.0 Å². The van der Waals surface area contributed by atoms with Crippen molar-refractivity contribution in [3.63, 3.8) is 0 Å². The second-order valence-electron chi connectivity index (χ2n) is 5.18. The van der Waals surface area contributed by atoms with E-state index in [0.717, 1.165) is 29.5 Å². The Hall–Kier alpha value is -1.07. The van der Waals surface area contributed by atoms with Crippen molar-refractivity contribution in [2.24, 2.45) is 0 Å². The summed E-state index contributed by atoms with van der Waals surface area (Å²) >= 11 is 7.90. The standard InChI is InChI=1S/C14H15ClFN3S/c1-14(9-16)8-12-17-18-13(19(12)6-7-20-14)10-4-2-3-5-11(10)15/h2-5H,6-9H2,1H3. The van der Waals surface area contributed by atoms with E-state index in [9.17, 15) is 4.39 Å². The number of aromatic nitrogens is 3. The van der Waals surface area contributed by atoms with Crippen LogP contribution in [0.25, 0.3) is 11.4 Å². The van der Waals surface area contributed by atoms with E-state index in [2.05, 4.69) is 14.8 Å². The van der Waals surface area contributed by atoms with Crippen LogP contribution >= 0.6 is 23.4 Å². The number of fused-ring (bicyclic) bond motifs is 1. The molecule has 3 rings (SSSR count). The van der Waals surface area contributed by atoms with Gasteiger partial charge in [0.2, 0.25) is 0 Å². The number of hydrogen-bond donors (Lipinski definition) is 0. The summed E-state index contributed by atoms with van der Waals surface area (Å²) in [5.41, 5.74) is 0.877. The summed E-state index contributed by atoms with van der Waals surface area (Å²) in [7, 11) is 0. The highest BCUT2D eigenvalue weighted by Crippen LogP contribution is 2.35. The Kier molecular flexibility index (Phi) is 3.73. The molecule has 6 heteroatoms. The van der Waals surface area contributed by atoms with Crippen molar-refractivity contribution in [2.45, 2.75) is 24.6 Å². The van der Waals surface area contributed by atoms with Gasteiger partial charge in [-0.2, -0.15) is 11.8 Å². The molecule has 1 unspecified atom stereocenters. The van der Waals surface area contributed by atoms with E-state index < -0.39 is 4.75 Å². The zero-order chi connectivity index (χ0) is 14.2. The van der Waals surface area contributed by atoms with Crippen LogP contribution in [0.3, 0.4) is 0 Å². The lowest BCUT2D eigenvalue weighted by Crippen LogP contribution is -2.26. The van der Waals surface area contributed by atoms with Crippen molar-refractivity contribution in [3.8, 4) is 11.4 Å². The summed E-state index contributed by atoms with van der Waals surface area (Å²) in [5.74, 6) is 2.46. The summed E-state index contributed by atoms with van der Waals surface area (Å²) in [6.07, 6.45) is 0.589. The van der Waals surface area contributed by atoms with Crippen molar-refractivity contribution in [1.29, 1.82) is 0 Å². The van der Waals surface area contributed by atoms with Gasteiger partial charge in [0.15, 0.2) is 5.82 Å². The molecule has 0 fully saturated rings. The molecule has 2 aromatic rings. The van der Waals surface area contributed by atoms with Crippen LogP contribution in [0.2, 0.25) is 5.02 Å². The molecular weight excluding hydrogens is 297 g/mol. The monoisotopic (exact) mass is 311 g/mol. The van der Waals surface area contributed by atoms with Crippen LogP contribution in [0, 0.1) is 0 Å². The number of halogens is 2. The molecule has 3 nitrogen and oxygen atoms in total. The molecule has 0 aliphatic carbocycles. The van der Waals surface area contributed by atoms with Gasteiger partial charge >= 0.3 is 0 Å². The van der Waals surface area contributed by atoms with Gasteiger partial charge in [-0.1, -0.05) is 23.7 Å². The second-order valence-corrected chi connectivity index (χ2v) is 7.27. The quantitative estimate of drug-likeness (QED) is 0.849. The van der Waals surface area contributed by atoms with Crippen molar-refractivity contribution in [3.05, 3.63) is 35.1 Å². The van der Waals surface area contributed by atoms with Gasteiger partial charge < -0.3 is 4.57 Å². The van der Waals surface area contributed by atoms with Crippen molar-refractivity contribution < 1.29 is 4.39 Å². The number of rotatable bonds is 2. The fourth-order valence-electron chi connectivity index (χ4n) is 2.40. The highest BCUT2D eigenvalue weighted by atomic mass is 35.5. The first kappa shape index (κ1) is 13.9. The largest absolute Gasteiger partial charge is 0.310 e. The lowest BCUT2D eigenvalue weighted by atomic mass is 10.1. The Labute approximate surface area is 126 Å². The zero-order valence-electron chi connectivity index (χ0n) is 11.1. The van der Waals surface area contributed by atoms with Crippen LogP contribution in [-0.2, 0) is 13.0 Å². The third-order valence-corrected chi connectivity index (χ3v) is 5.19. The van der Waals surface area contributed by atoms with E-state index in [4.69, 9.17) is 11.6 Å². The first-order valence-corrected chi connectivity index (χ1v) is 7.86. The molecule has 0 amide bonds. The van der Waals surface area contributed by atoms with Crippen molar-refractivity contribution in [1.82, 2.24) is 14.8 Å². The summed E-state index contributed by atoms with van der Waals surface area (Å²) < 4.78 is 14.9. The SMILES string of the molecule is CC1(CF)Cc2nnc(-c3ccccc3Cl)n2CCS1. The third-order valence-electron chi connectivity index (χ3n) is 3.52. The number of hydrogen-bond acceptors (Lipinski definition) is 3. The smallest absolute Gasteiger partial charge is 0.165 e. The molecule has 20 heavy (non-hydrogen) atoms. The molecule has 106 valence electrons. The molecule has 0 saturated heterocycles. The Morgan fingerprint density at radius 1 is 1.40 bits per heavy atom. The molecule has 1 atom stereocenters. The highest BCUT2D eigenvalue weighted by Gasteiger charge is 2.31. The highest BCUT2D eigenvalue weighted by molar-refractivity contribution is 8.00. The number of thioether (sulfide) groups is 1. The number of alkyl halides is 1. The van der Waals surface area contributed by atoms with Crippen LogP contribution in [-0.4, -0.2) is 31.9 Å². The summed E-state index contributed by atoms with van der Waals surface area (Å²) in [6.45, 7) is 2.37. The van der Waals surface area contributed by atoms with Crippen LogP contribution < -0.4 is 0 Å². The lowest BCUT2D eigenvalue weighted by Gasteiger charge is -2.21. The van der Waals surface area contributed by atoms with E-state index in [1.54, 1.807) is 11.8 Å². The van der Waals surface area contributed by atoms with Crippen molar-refractivity contribution >= 4 is 23.4 Å². The topological polar surface area (TPSA) is 30.7 Å². The average molecular weight is 312 g/mol.